The Morgan fingerprint density at radius 2 is 1.87 bits per heavy atom. The fourth-order valence-electron chi connectivity index (χ4n) is 1.49. The maximum Gasteiger partial charge on any atom is 0.0686 e. The Morgan fingerprint density at radius 1 is 1.27 bits per heavy atom. The molecule has 1 rings (SSSR count). The topological polar surface area (TPSA) is 20.2 Å². The van der Waals surface area contributed by atoms with E-state index >= 15 is 0 Å². The summed E-state index contributed by atoms with van der Waals surface area (Å²) in [6.45, 7) is 6.47. The van der Waals surface area contributed by atoms with Gasteiger partial charge in [-0.25, -0.2) is 0 Å². The van der Waals surface area contributed by atoms with Gasteiger partial charge < -0.3 is 5.11 Å². The van der Waals surface area contributed by atoms with Crippen LogP contribution in [-0.4, -0.2) is 11.7 Å². The number of aliphatic hydroxyl groups excluding tert-OH is 1. The molecular formula is C14H18O. The molecule has 0 saturated carbocycles. The molecule has 1 aromatic carbocycles. The van der Waals surface area contributed by atoms with Gasteiger partial charge >= 0.3 is 0 Å². The van der Waals surface area contributed by atoms with E-state index in [9.17, 15) is 0 Å². The van der Waals surface area contributed by atoms with Crippen molar-refractivity contribution in [2.24, 2.45) is 5.41 Å². The lowest BCUT2D eigenvalue weighted by Gasteiger charge is -2.21. The van der Waals surface area contributed by atoms with E-state index in [0.29, 0.717) is 0 Å². The van der Waals surface area contributed by atoms with Crippen molar-refractivity contribution >= 4 is 5.57 Å². The van der Waals surface area contributed by atoms with Crippen LogP contribution < -0.4 is 0 Å². The highest BCUT2D eigenvalue weighted by molar-refractivity contribution is 5.68. The molecule has 0 aliphatic carbocycles. The van der Waals surface area contributed by atoms with Crippen molar-refractivity contribution in [2.45, 2.75) is 20.8 Å². The van der Waals surface area contributed by atoms with Gasteiger partial charge in [0.25, 0.3) is 0 Å². The van der Waals surface area contributed by atoms with Crippen LogP contribution in [0.5, 0.6) is 0 Å². The summed E-state index contributed by atoms with van der Waals surface area (Å²) >= 11 is 0. The van der Waals surface area contributed by atoms with E-state index in [4.69, 9.17) is 5.11 Å². The Morgan fingerprint density at radius 3 is 2.33 bits per heavy atom. The maximum absolute atomic E-state index is 8.80. The molecule has 0 atom stereocenters. The van der Waals surface area contributed by atoms with Crippen LogP contribution in [0.3, 0.4) is 0 Å². The molecule has 0 radical (unpaired) electrons. The quantitative estimate of drug-likeness (QED) is 0.730. The molecule has 80 valence electrons. The van der Waals surface area contributed by atoms with E-state index in [1.165, 1.54) is 0 Å². The largest absolute Gasteiger partial charge is 0.392 e. The van der Waals surface area contributed by atoms with E-state index in [1.807, 2.05) is 18.2 Å². The van der Waals surface area contributed by atoms with Gasteiger partial charge in [0.1, 0.15) is 0 Å². The third kappa shape index (κ3) is 3.39. The van der Waals surface area contributed by atoms with Gasteiger partial charge in [-0.3, -0.25) is 0 Å². The predicted molar refractivity (Wildman–Crippen MR) is 64.5 cm³/mol. The second-order valence-corrected chi connectivity index (χ2v) is 4.52. The van der Waals surface area contributed by atoms with Crippen LogP contribution in [0.15, 0.2) is 42.1 Å². The summed E-state index contributed by atoms with van der Waals surface area (Å²) in [5.74, 6) is 0. The van der Waals surface area contributed by atoms with Crippen LogP contribution in [0.4, 0.5) is 0 Å². The molecule has 0 fully saturated rings. The highest BCUT2D eigenvalue weighted by Crippen LogP contribution is 2.32. The molecule has 0 heterocycles. The summed E-state index contributed by atoms with van der Waals surface area (Å²) in [6, 6.07) is 10.2. The zero-order valence-electron chi connectivity index (χ0n) is 9.62. The second-order valence-electron chi connectivity index (χ2n) is 4.52. The minimum atomic E-state index is 0.0341. The van der Waals surface area contributed by atoms with Gasteiger partial charge in [-0.15, -0.1) is 5.73 Å². The van der Waals surface area contributed by atoms with E-state index < -0.39 is 0 Å². The van der Waals surface area contributed by atoms with E-state index in [2.05, 4.69) is 38.6 Å². The van der Waals surface area contributed by atoms with Gasteiger partial charge in [-0.05, 0) is 17.1 Å². The molecule has 15 heavy (non-hydrogen) atoms. The first-order valence-electron chi connectivity index (χ1n) is 5.17. The molecule has 1 aromatic rings. The first-order chi connectivity index (χ1) is 7.05. The normalized spacial score (nSPS) is 10.7. The Bertz CT molecular complexity index is 362. The molecule has 0 saturated heterocycles. The standard InChI is InChI=1S/C14H18O/c1-14(2,3)13(10-7-11-15)12-8-5-4-6-9-12/h4-9,15H,11H2,1-3H3. The fourth-order valence-corrected chi connectivity index (χ4v) is 1.49. The number of rotatable bonds is 2. The Balaban J connectivity index is 3.21. The number of hydrogen-bond donors (Lipinski definition) is 1. The average molecular weight is 202 g/mol. The number of aliphatic hydroxyl groups is 1. The summed E-state index contributed by atoms with van der Waals surface area (Å²) in [6.07, 6.45) is 1.66. The summed E-state index contributed by atoms with van der Waals surface area (Å²) < 4.78 is 0. The minimum Gasteiger partial charge on any atom is -0.392 e. The predicted octanol–water partition coefficient (Wildman–Crippen LogP) is 3.26. The summed E-state index contributed by atoms with van der Waals surface area (Å²) in [5, 5.41) is 8.80. The minimum absolute atomic E-state index is 0.0341. The molecule has 0 aromatic heterocycles. The highest BCUT2D eigenvalue weighted by atomic mass is 16.2. The summed E-state index contributed by atoms with van der Waals surface area (Å²) in [4.78, 5) is 0. The average Bonchev–Trinajstić information content (AvgIpc) is 2.18. The van der Waals surface area contributed by atoms with Gasteiger partial charge in [-0.1, -0.05) is 51.1 Å². The molecule has 0 spiro atoms. The van der Waals surface area contributed by atoms with Crippen molar-refractivity contribution < 1.29 is 5.11 Å². The molecule has 1 N–H and O–H groups in total. The van der Waals surface area contributed by atoms with Gasteiger partial charge in [-0.2, -0.15) is 0 Å². The van der Waals surface area contributed by atoms with Crippen molar-refractivity contribution in [1.29, 1.82) is 0 Å². The second kappa shape index (κ2) is 4.97. The van der Waals surface area contributed by atoms with Crippen LogP contribution in [0.1, 0.15) is 26.3 Å². The van der Waals surface area contributed by atoms with Gasteiger partial charge in [0.2, 0.25) is 0 Å². The third-order valence-electron chi connectivity index (χ3n) is 2.15. The molecule has 0 amide bonds. The van der Waals surface area contributed by atoms with Crippen molar-refractivity contribution in [3.63, 3.8) is 0 Å². The molecule has 0 aliphatic heterocycles. The SMILES string of the molecule is CC(C)(C)C(=C=CCO)c1ccccc1. The first kappa shape index (κ1) is 11.8. The van der Waals surface area contributed by atoms with Crippen molar-refractivity contribution in [3.05, 3.63) is 47.7 Å². The molecule has 1 heteroatoms. The molecule has 0 bridgehead atoms. The van der Waals surface area contributed by atoms with Gasteiger partial charge in [0.05, 0.1) is 6.61 Å². The van der Waals surface area contributed by atoms with Crippen LogP contribution in [0, 0.1) is 5.41 Å². The lowest BCUT2D eigenvalue weighted by atomic mass is 9.82. The zero-order chi connectivity index (χ0) is 11.3. The zero-order valence-corrected chi connectivity index (χ0v) is 9.62. The van der Waals surface area contributed by atoms with E-state index in [-0.39, 0.29) is 12.0 Å². The maximum atomic E-state index is 8.80. The molecule has 0 unspecified atom stereocenters. The van der Waals surface area contributed by atoms with Crippen molar-refractivity contribution in [3.8, 4) is 0 Å². The number of benzene rings is 1. The Kier molecular flexibility index (Phi) is 3.90. The molecular weight excluding hydrogens is 184 g/mol. The van der Waals surface area contributed by atoms with Crippen LogP contribution in [0.2, 0.25) is 0 Å². The summed E-state index contributed by atoms with van der Waals surface area (Å²) in [5.41, 5.74) is 5.49. The lowest BCUT2D eigenvalue weighted by molar-refractivity contribution is 0.343. The van der Waals surface area contributed by atoms with Crippen molar-refractivity contribution in [2.75, 3.05) is 6.61 Å². The number of hydrogen-bond acceptors (Lipinski definition) is 1. The van der Waals surface area contributed by atoms with Crippen LogP contribution in [-0.2, 0) is 0 Å². The first-order valence-corrected chi connectivity index (χ1v) is 5.17. The summed E-state index contributed by atoms with van der Waals surface area (Å²) in [7, 11) is 0. The third-order valence-corrected chi connectivity index (χ3v) is 2.15. The molecule has 0 aliphatic rings. The van der Waals surface area contributed by atoms with Crippen molar-refractivity contribution in [1.82, 2.24) is 0 Å². The van der Waals surface area contributed by atoms with Crippen LogP contribution >= 0.6 is 0 Å². The van der Waals surface area contributed by atoms with E-state index in [1.54, 1.807) is 6.08 Å². The van der Waals surface area contributed by atoms with E-state index in [0.717, 1.165) is 11.1 Å². The fraction of sp³-hybridized carbons (Fsp3) is 0.357. The monoisotopic (exact) mass is 202 g/mol. The van der Waals surface area contributed by atoms with Crippen LogP contribution in [0.25, 0.3) is 5.57 Å². The Labute approximate surface area is 91.8 Å². The van der Waals surface area contributed by atoms with Gasteiger partial charge in [0.15, 0.2) is 0 Å². The van der Waals surface area contributed by atoms with Gasteiger partial charge in [0, 0.05) is 5.57 Å². The smallest absolute Gasteiger partial charge is 0.0686 e. The molecule has 1 nitrogen and oxygen atoms in total. The lowest BCUT2D eigenvalue weighted by Crippen LogP contribution is -2.07. The Hall–Kier alpha value is -1.30. The highest BCUT2D eigenvalue weighted by Gasteiger charge is 2.17.